The Morgan fingerprint density at radius 3 is 2.54 bits per heavy atom. The molecule has 7 atom stereocenters. The molecule has 7 unspecified atom stereocenters. The van der Waals surface area contributed by atoms with Crippen LogP contribution in [0.3, 0.4) is 0 Å². The van der Waals surface area contributed by atoms with Crippen molar-refractivity contribution in [1.82, 2.24) is 26.6 Å². The molecular formula is C17H35N5O2. The number of hydrogen-bond acceptors (Lipinski definition) is 5. The molecule has 2 amide bonds. The van der Waals surface area contributed by atoms with E-state index in [1.165, 1.54) is 6.42 Å². The van der Waals surface area contributed by atoms with Crippen molar-refractivity contribution in [3.8, 4) is 0 Å². The summed E-state index contributed by atoms with van der Waals surface area (Å²) in [6.45, 7) is 8.93. The number of carbonyl (C=O) groups is 1. The van der Waals surface area contributed by atoms with Gasteiger partial charge in [0.1, 0.15) is 6.29 Å². The molecule has 0 aromatic rings. The summed E-state index contributed by atoms with van der Waals surface area (Å²) in [5.74, 6) is 1.40. The van der Waals surface area contributed by atoms with Crippen LogP contribution in [-0.2, 0) is 0 Å². The van der Waals surface area contributed by atoms with E-state index in [4.69, 9.17) is 0 Å². The van der Waals surface area contributed by atoms with E-state index in [0.29, 0.717) is 12.5 Å². The van der Waals surface area contributed by atoms with Crippen molar-refractivity contribution >= 4 is 6.03 Å². The first-order chi connectivity index (χ1) is 11.3. The first-order valence-corrected chi connectivity index (χ1v) is 9.34. The molecule has 0 aromatic heterocycles. The lowest BCUT2D eigenvalue weighted by Crippen LogP contribution is -2.68. The molecule has 1 heterocycles. The van der Waals surface area contributed by atoms with Crippen LogP contribution in [0.4, 0.5) is 4.79 Å². The lowest BCUT2D eigenvalue weighted by Gasteiger charge is -2.38. The van der Waals surface area contributed by atoms with E-state index in [1.807, 2.05) is 0 Å². The zero-order valence-electron chi connectivity index (χ0n) is 15.4. The number of aliphatic hydroxyl groups is 1. The number of rotatable bonds is 5. The molecule has 2 aliphatic rings. The summed E-state index contributed by atoms with van der Waals surface area (Å²) in [5, 5.41) is 25.4. The van der Waals surface area contributed by atoms with E-state index in [2.05, 4.69) is 47.4 Å². The predicted molar refractivity (Wildman–Crippen MR) is 95.2 cm³/mol. The van der Waals surface area contributed by atoms with Gasteiger partial charge in [0.15, 0.2) is 0 Å². The molecule has 0 aromatic carbocycles. The van der Waals surface area contributed by atoms with Crippen molar-refractivity contribution in [2.75, 3.05) is 6.54 Å². The van der Waals surface area contributed by atoms with Gasteiger partial charge in [-0.3, -0.25) is 16.0 Å². The molecule has 140 valence electrons. The Kier molecular flexibility index (Phi) is 7.28. The summed E-state index contributed by atoms with van der Waals surface area (Å²) in [5.41, 5.74) is 0. The van der Waals surface area contributed by atoms with Crippen LogP contribution in [0.15, 0.2) is 0 Å². The molecule has 1 saturated carbocycles. The second-order valence-corrected chi connectivity index (χ2v) is 7.80. The highest BCUT2D eigenvalue weighted by molar-refractivity contribution is 5.74. The molecule has 6 N–H and O–H groups in total. The summed E-state index contributed by atoms with van der Waals surface area (Å²) in [4.78, 5) is 12.3. The predicted octanol–water partition coefficient (Wildman–Crippen LogP) is 0.662. The van der Waals surface area contributed by atoms with Gasteiger partial charge in [-0.1, -0.05) is 13.8 Å². The number of carbonyl (C=O) groups excluding carboxylic acids is 1. The molecule has 24 heavy (non-hydrogen) atoms. The Labute approximate surface area is 145 Å². The lowest BCUT2D eigenvalue weighted by atomic mass is 9.79. The number of hydrogen-bond donors (Lipinski definition) is 6. The summed E-state index contributed by atoms with van der Waals surface area (Å²) >= 11 is 0. The molecule has 7 heteroatoms. The standard InChI is InChI=1S/C17H35N5O2/c1-10-5-6-14(7-11(10)2)20-17(24)22-16-19-12(3)8-15(21-16)18-9-13(4)23/h10-16,18-19,21,23H,5-9H2,1-4H3,(H2,20,22,24). The SMILES string of the molecule is CC(O)CNC1CC(C)NC(NC(=O)NC2CCC(C)C(C)C2)N1. The minimum absolute atomic E-state index is 0.0664. The minimum Gasteiger partial charge on any atom is -0.392 e. The van der Waals surface area contributed by atoms with Crippen LogP contribution in [-0.4, -0.2) is 48.3 Å². The van der Waals surface area contributed by atoms with E-state index in [0.717, 1.165) is 25.2 Å². The van der Waals surface area contributed by atoms with Gasteiger partial charge in [-0.25, -0.2) is 4.79 Å². The zero-order valence-corrected chi connectivity index (χ0v) is 15.4. The smallest absolute Gasteiger partial charge is 0.317 e. The van der Waals surface area contributed by atoms with Crippen molar-refractivity contribution in [2.24, 2.45) is 11.8 Å². The number of nitrogens with one attached hydrogen (secondary N) is 5. The lowest BCUT2D eigenvalue weighted by molar-refractivity contribution is 0.152. The highest BCUT2D eigenvalue weighted by Gasteiger charge is 2.28. The van der Waals surface area contributed by atoms with Gasteiger partial charge in [0.05, 0.1) is 12.3 Å². The Morgan fingerprint density at radius 2 is 1.88 bits per heavy atom. The van der Waals surface area contributed by atoms with Gasteiger partial charge in [0.25, 0.3) is 0 Å². The van der Waals surface area contributed by atoms with Crippen molar-refractivity contribution < 1.29 is 9.90 Å². The van der Waals surface area contributed by atoms with Gasteiger partial charge in [-0.15, -0.1) is 0 Å². The highest BCUT2D eigenvalue weighted by atomic mass is 16.3. The van der Waals surface area contributed by atoms with Crippen molar-refractivity contribution in [3.63, 3.8) is 0 Å². The Bertz CT molecular complexity index is 406. The molecule has 0 spiro atoms. The number of urea groups is 1. The molecule has 0 bridgehead atoms. The topological polar surface area (TPSA) is 97.5 Å². The third kappa shape index (κ3) is 6.20. The summed E-state index contributed by atoms with van der Waals surface area (Å²) < 4.78 is 0. The Morgan fingerprint density at radius 1 is 1.12 bits per heavy atom. The van der Waals surface area contributed by atoms with Crippen LogP contribution in [0.5, 0.6) is 0 Å². The Balaban J connectivity index is 1.75. The van der Waals surface area contributed by atoms with Crippen LogP contribution in [0.25, 0.3) is 0 Å². The van der Waals surface area contributed by atoms with Gasteiger partial charge in [-0.05, 0) is 51.4 Å². The maximum absolute atomic E-state index is 12.3. The molecule has 2 fully saturated rings. The van der Waals surface area contributed by atoms with E-state index in [1.54, 1.807) is 6.92 Å². The zero-order chi connectivity index (χ0) is 17.7. The molecule has 1 aliphatic carbocycles. The third-order valence-corrected chi connectivity index (χ3v) is 5.28. The monoisotopic (exact) mass is 341 g/mol. The van der Waals surface area contributed by atoms with Gasteiger partial charge >= 0.3 is 6.03 Å². The van der Waals surface area contributed by atoms with E-state index in [9.17, 15) is 9.90 Å². The normalized spacial score (nSPS) is 38.4. The molecular weight excluding hydrogens is 306 g/mol. The van der Waals surface area contributed by atoms with Crippen molar-refractivity contribution in [3.05, 3.63) is 0 Å². The largest absolute Gasteiger partial charge is 0.392 e. The molecule has 0 radical (unpaired) electrons. The van der Waals surface area contributed by atoms with Crippen LogP contribution in [0.2, 0.25) is 0 Å². The molecule has 1 saturated heterocycles. The van der Waals surface area contributed by atoms with Crippen LogP contribution < -0.4 is 26.6 Å². The first-order valence-electron chi connectivity index (χ1n) is 9.34. The van der Waals surface area contributed by atoms with E-state index >= 15 is 0 Å². The number of amides is 2. The van der Waals surface area contributed by atoms with Gasteiger partial charge < -0.3 is 15.7 Å². The number of aliphatic hydroxyl groups excluding tert-OH is 1. The molecule has 2 rings (SSSR count). The van der Waals surface area contributed by atoms with Gasteiger partial charge in [0.2, 0.25) is 0 Å². The fourth-order valence-electron chi connectivity index (χ4n) is 3.60. The van der Waals surface area contributed by atoms with Crippen LogP contribution >= 0.6 is 0 Å². The maximum Gasteiger partial charge on any atom is 0.317 e. The van der Waals surface area contributed by atoms with Crippen LogP contribution in [0.1, 0.15) is 53.4 Å². The third-order valence-electron chi connectivity index (χ3n) is 5.28. The van der Waals surface area contributed by atoms with Crippen LogP contribution in [0, 0.1) is 11.8 Å². The van der Waals surface area contributed by atoms with Crippen molar-refractivity contribution in [2.45, 2.75) is 84.0 Å². The Hall–Kier alpha value is -0.890. The molecule has 7 nitrogen and oxygen atoms in total. The first kappa shape index (κ1) is 19.4. The summed E-state index contributed by atoms with van der Waals surface area (Å²) in [7, 11) is 0. The quantitative estimate of drug-likeness (QED) is 0.442. The fourth-order valence-corrected chi connectivity index (χ4v) is 3.60. The summed E-state index contributed by atoms with van der Waals surface area (Å²) in [6, 6.07) is 0.412. The second kappa shape index (κ2) is 8.99. The van der Waals surface area contributed by atoms with E-state index in [-0.39, 0.29) is 36.7 Å². The fraction of sp³-hybridized carbons (Fsp3) is 0.941. The highest BCUT2D eigenvalue weighted by Crippen LogP contribution is 2.29. The summed E-state index contributed by atoms with van der Waals surface area (Å²) in [6.07, 6.45) is 3.58. The molecule has 1 aliphatic heterocycles. The van der Waals surface area contributed by atoms with Crippen molar-refractivity contribution in [1.29, 1.82) is 0 Å². The van der Waals surface area contributed by atoms with Gasteiger partial charge in [-0.2, -0.15) is 0 Å². The average molecular weight is 342 g/mol. The van der Waals surface area contributed by atoms with Gasteiger partial charge in [0, 0.05) is 18.6 Å². The maximum atomic E-state index is 12.3. The average Bonchev–Trinajstić information content (AvgIpc) is 2.48. The second-order valence-electron chi connectivity index (χ2n) is 7.80. The minimum atomic E-state index is -0.387. The van der Waals surface area contributed by atoms with E-state index < -0.39 is 0 Å².